The molecule has 1 saturated carbocycles. The first-order valence-electron chi connectivity index (χ1n) is 10.6. The SMILES string of the molecule is N#CCC1(N=CC(C(N)=O)C(N)=Nc2ccnc(F)c2)CCC(Nc2ccc(F)cc2F)CC1. The van der Waals surface area contributed by atoms with E-state index in [1.807, 2.05) is 0 Å². The normalized spacial score (nSPS) is 21.7. The van der Waals surface area contributed by atoms with Crippen LogP contribution >= 0.6 is 0 Å². The molecule has 0 spiro atoms. The molecule has 1 aliphatic carbocycles. The number of amides is 1. The number of anilines is 1. The molecule has 0 aliphatic heterocycles. The molecule has 34 heavy (non-hydrogen) atoms. The summed E-state index contributed by atoms with van der Waals surface area (Å²) in [5, 5.41) is 12.4. The third-order valence-corrected chi connectivity index (χ3v) is 5.71. The van der Waals surface area contributed by atoms with Crippen molar-refractivity contribution < 1.29 is 18.0 Å². The molecule has 11 heteroatoms. The fourth-order valence-electron chi connectivity index (χ4n) is 3.83. The Balaban J connectivity index is 1.73. The second kappa shape index (κ2) is 10.8. The Hall–Kier alpha value is -3.94. The van der Waals surface area contributed by atoms with Crippen LogP contribution in [0.5, 0.6) is 0 Å². The molecule has 5 N–H and O–H groups in total. The van der Waals surface area contributed by atoms with Crippen molar-refractivity contribution in [3.8, 4) is 6.07 Å². The number of hydrogen-bond acceptors (Lipinski definition) is 6. The maximum Gasteiger partial charge on any atom is 0.233 e. The number of nitrogens with zero attached hydrogens (tertiary/aromatic N) is 4. The van der Waals surface area contributed by atoms with Crippen LogP contribution in [0.15, 0.2) is 46.5 Å². The highest BCUT2D eigenvalue weighted by molar-refractivity contribution is 6.14. The van der Waals surface area contributed by atoms with Gasteiger partial charge < -0.3 is 16.8 Å². The fourth-order valence-corrected chi connectivity index (χ4v) is 3.83. The average molecular weight is 471 g/mol. The van der Waals surface area contributed by atoms with Crippen LogP contribution in [0, 0.1) is 34.8 Å². The predicted molar refractivity (Wildman–Crippen MR) is 122 cm³/mol. The van der Waals surface area contributed by atoms with Gasteiger partial charge in [-0.3, -0.25) is 9.79 Å². The van der Waals surface area contributed by atoms with Gasteiger partial charge in [-0.25, -0.2) is 18.8 Å². The summed E-state index contributed by atoms with van der Waals surface area (Å²) in [5.74, 6) is -4.21. The Labute approximate surface area is 194 Å². The van der Waals surface area contributed by atoms with E-state index < -0.39 is 34.9 Å². The number of nitrogens with one attached hydrogen (secondary N) is 1. The maximum atomic E-state index is 14.0. The molecule has 1 aromatic carbocycles. The number of aromatic nitrogens is 1. The van der Waals surface area contributed by atoms with Gasteiger partial charge >= 0.3 is 0 Å². The first kappa shape index (κ1) is 24.7. The van der Waals surface area contributed by atoms with Gasteiger partial charge in [0.05, 0.1) is 29.4 Å². The quantitative estimate of drug-likeness (QED) is 0.307. The zero-order valence-corrected chi connectivity index (χ0v) is 18.2. The van der Waals surface area contributed by atoms with Gasteiger partial charge in [-0.2, -0.15) is 9.65 Å². The van der Waals surface area contributed by atoms with Crippen LogP contribution in [0.4, 0.5) is 24.5 Å². The Morgan fingerprint density at radius 1 is 1.26 bits per heavy atom. The summed E-state index contributed by atoms with van der Waals surface area (Å²) in [4.78, 5) is 24.0. The number of halogens is 3. The third kappa shape index (κ3) is 6.31. The Morgan fingerprint density at radius 3 is 2.62 bits per heavy atom. The number of benzene rings is 1. The first-order chi connectivity index (χ1) is 16.2. The molecule has 0 saturated heterocycles. The van der Waals surface area contributed by atoms with Gasteiger partial charge in [-0.1, -0.05) is 0 Å². The molecular weight excluding hydrogens is 447 g/mol. The second-order valence-corrected chi connectivity index (χ2v) is 8.13. The molecule has 8 nitrogen and oxygen atoms in total. The van der Waals surface area contributed by atoms with E-state index in [-0.39, 0.29) is 29.7 Å². The summed E-state index contributed by atoms with van der Waals surface area (Å²) in [7, 11) is 0. The monoisotopic (exact) mass is 471 g/mol. The van der Waals surface area contributed by atoms with Crippen molar-refractivity contribution in [2.45, 2.75) is 43.7 Å². The molecule has 1 fully saturated rings. The van der Waals surface area contributed by atoms with E-state index >= 15 is 0 Å². The lowest BCUT2D eigenvalue weighted by Gasteiger charge is -2.36. The van der Waals surface area contributed by atoms with E-state index in [1.165, 1.54) is 30.6 Å². The van der Waals surface area contributed by atoms with Crippen molar-refractivity contribution >= 4 is 29.3 Å². The van der Waals surface area contributed by atoms with Gasteiger partial charge in [-0.05, 0) is 43.9 Å². The number of nitrogens with two attached hydrogens (primary N) is 2. The summed E-state index contributed by atoms with van der Waals surface area (Å²) >= 11 is 0. The number of nitriles is 1. The second-order valence-electron chi connectivity index (χ2n) is 8.13. The number of amidine groups is 1. The standard InChI is InChI=1S/C23H24F3N7O/c24-14-1-2-19(18(25)11-14)32-15-3-6-23(7-4-15,8-9-27)31-13-17(22(29)34)21(28)33-16-5-10-30-20(26)12-16/h1-2,5,10-13,15,17,32H,3-4,6-8H2,(H2,29,34)(H2,28,30,33). The number of carbonyl (C=O) groups excluding carboxylic acids is 1. The third-order valence-electron chi connectivity index (χ3n) is 5.71. The van der Waals surface area contributed by atoms with Crippen LogP contribution in [-0.4, -0.2) is 34.5 Å². The summed E-state index contributed by atoms with van der Waals surface area (Å²) in [6.45, 7) is 0. The minimum Gasteiger partial charge on any atom is -0.386 e. The molecule has 1 heterocycles. The smallest absolute Gasteiger partial charge is 0.233 e. The number of hydrogen-bond donors (Lipinski definition) is 3. The fraction of sp³-hybridized carbons (Fsp3) is 0.348. The van der Waals surface area contributed by atoms with Crippen molar-refractivity contribution in [3.63, 3.8) is 0 Å². The average Bonchev–Trinajstić information content (AvgIpc) is 2.77. The molecule has 1 atom stereocenters. The Kier molecular flexibility index (Phi) is 7.83. The summed E-state index contributed by atoms with van der Waals surface area (Å²) in [5.41, 5.74) is 11.0. The molecule has 0 radical (unpaired) electrons. The molecule has 1 amide bonds. The van der Waals surface area contributed by atoms with Crippen LogP contribution in [0.1, 0.15) is 32.1 Å². The lowest BCUT2D eigenvalue weighted by atomic mass is 9.78. The van der Waals surface area contributed by atoms with Gasteiger partial charge in [0.25, 0.3) is 0 Å². The number of primary amides is 1. The van der Waals surface area contributed by atoms with Crippen LogP contribution in [0.2, 0.25) is 0 Å². The minimum absolute atomic E-state index is 0.0952. The van der Waals surface area contributed by atoms with Gasteiger partial charge in [0.15, 0.2) is 0 Å². The number of pyridine rings is 1. The largest absolute Gasteiger partial charge is 0.386 e. The summed E-state index contributed by atoms with van der Waals surface area (Å²) in [6, 6.07) is 7.83. The molecule has 1 aliphatic rings. The van der Waals surface area contributed by atoms with Crippen molar-refractivity contribution in [1.82, 2.24) is 4.98 Å². The minimum atomic E-state index is -1.16. The Bertz CT molecular complexity index is 1140. The van der Waals surface area contributed by atoms with Crippen LogP contribution in [0.3, 0.4) is 0 Å². The topological polar surface area (TPSA) is 143 Å². The summed E-state index contributed by atoms with van der Waals surface area (Å²) in [6.07, 6.45) is 4.68. The Morgan fingerprint density at radius 2 is 2.00 bits per heavy atom. The predicted octanol–water partition coefficient (Wildman–Crippen LogP) is 3.37. The first-order valence-corrected chi connectivity index (χ1v) is 10.6. The summed E-state index contributed by atoms with van der Waals surface area (Å²) < 4.78 is 40.4. The van der Waals surface area contributed by atoms with E-state index in [2.05, 4.69) is 26.4 Å². The maximum absolute atomic E-state index is 14.0. The van der Waals surface area contributed by atoms with Gasteiger partial charge in [-0.15, -0.1) is 0 Å². The molecule has 3 rings (SSSR count). The highest BCUT2D eigenvalue weighted by Crippen LogP contribution is 2.36. The number of aliphatic imine (C=N–C) groups is 2. The number of rotatable bonds is 8. The molecular formula is C23H24F3N7O. The van der Waals surface area contributed by atoms with Crippen molar-refractivity contribution in [1.29, 1.82) is 5.26 Å². The zero-order valence-electron chi connectivity index (χ0n) is 18.2. The van der Waals surface area contributed by atoms with Gasteiger partial charge in [0, 0.05) is 30.6 Å². The van der Waals surface area contributed by atoms with E-state index in [0.29, 0.717) is 25.7 Å². The van der Waals surface area contributed by atoms with E-state index in [9.17, 15) is 23.2 Å². The van der Waals surface area contributed by atoms with Crippen molar-refractivity contribution in [2.24, 2.45) is 27.4 Å². The van der Waals surface area contributed by atoms with E-state index in [4.69, 9.17) is 11.5 Å². The van der Waals surface area contributed by atoms with Crippen LogP contribution < -0.4 is 16.8 Å². The zero-order chi connectivity index (χ0) is 24.7. The molecule has 1 aromatic heterocycles. The van der Waals surface area contributed by atoms with Gasteiger partial charge in [0.1, 0.15) is 23.4 Å². The highest BCUT2D eigenvalue weighted by atomic mass is 19.1. The lowest BCUT2D eigenvalue weighted by Crippen LogP contribution is -2.40. The lowest BCUT2D eigenvalue weighted by molar-refractivity contribution is -0.118. The van der Waals surface area contributed by atoms with Gasteiger partial charge in [0.2, 0.25) is 11.9 Å². The molecule has 178 valence electrons. The van der Waals surface area contributed by atoms with E-state index in [1.54, 1.807) is 0 Å². The van der Waals surface area contributed by atoms with Crippen molar-refractivity contribution in [3.05, 3.63) is 54.1 Å². The molecule has 1 unspecified atom stereocenters. The van der Waals surface area contributed by atoms with E-state index in [0.717, 1.165) is 12.1 Å². The molecule has 0 bridgehead atoms. The van der Waals surface area contributed by atoms with Crippen LogP contribution in [0.25, 0.3) is 0 Å². The van der Waals surface area contributed by atoms with Crippen LogP contribution in [-0.2, 0) is 4.79 Å². The molecule has 2 aromatic rings. The highest BCUT2D eigenvalue weighted by Gasteiger charge is 2.35. The van der Waals surface area contributed by atoms with Crippen molar-refractivity contribution in [2.75, 3.05) is 5.32 Å². The number of carbonyl (C=O) groups is 1.